The van der Waals surface area contributed by atoms with E-state index in [2.05, 4.69) is 25.7 Å². The summed E-state index contributed by atoms with van der Waals surface area (Å²) in [5.74, 6) is 1.47. The quantitative estimate of drug-likeness (QED) is 0.774. The van der Waals surface area contributed by atoms with E-state index >= 15 is 0 Å². The second kappa shape index (κ2) is 6.16. The minimum absolute atomic E-state index is 0.271. The fourth-order valence-corrected chi connectivity index (χ4v) is 3.30. The van der Waals surface area contributed by atoms with Gasteiger partial charge in [-0.15, -0.1) is 0 Å². The van der Waals surface area contributed by atoms with Crippen LogP contribution in [-0.2, 0) is 9.53 Å². The Morgan fingerprint density at radius 3 is 2.89 bits per heavy atom. The maximum atomic E-state index is 12.0. The SMILES string of the molecule is CCC1COC(C)CN1CC1CC(C)CCC1=O. The van der Waals surface area contributed by atoms with Crippen molar-refractivity contribution in [3.8, 4) is 0 Å². The minimum atomic E-state index is 0.271. The van der Waals surface area contributed by atoms with E-state index in [1.165, 1.54) is 0 Å². The molecular weight excluding hydrogens is 226 g/mol. The molecule has 1 saturated carbocycles. The molecule has 0 amide bonds. The van der Waals surface area contributed by atoms with E-state index in [0.29, 0.717) is 23.8 Å². The van der Waals surface area contributed by atoms with Gasteiger partial charge in [-0.05, 0) is 32.1 Å². The topological polar surface area (TPSA) is 29.5 Å². The van der Waals surface area contributed by atoms with Gasteiger partial charge in [-0.1, -0.05) is 13.8 Å². The van der Waals surface area contributed by atoms with Crippen molar-refractivity contribution in [2.24, 2.45) is 11.8 Å². The summed E-state index contributed by atoms with van der Waals surface area (Å²) >= 11 is 0. The van der Waals surface area contributed by atoms with Crippen molar-refractivity contribution in [1.29, 1.82) is 0 Å². The first-order chi connectivity index (χ1) is 8.60. The molecule has 0 aromatic heterocycles. The summed E-state index contributed by atoms with van der Waals surface area (Å²) in [5, 5.41) is 0. The molecule has 1 heterocycles. The van der Waals surface area contributed by atoms with Gasteiger partial charge in [0.15, 0.2) is 0 Å². The first kappa shape index (κ1) is 14.0. The Bertz CT molecular complexity index is 292. The standard InChI is InChI=1S/C15H27NO2/c1-4-14-10-18-12(3)8-16(14)9-13-7-11(2)5-6-15(13)17/h11-14H,4-10H2,1-3H3. The van der Waals surface area contributed by atoms with Gasteiger partial charge in [0.1, 0.15) is 5.78 Å². The molecule has 4 unspecified atom stereocenters. The molecule has 18 heavy (non-hydrogen) atoms. The number of ketones is 1. The zero-order valence-corrected chi connectivity index (χ0v) is 12.0. The van der Waals surface area contributed by atoms with E-state index < -0.39 is 0 Å². The summed E-state index contributed by atoms with van der Waals surface area (Å²) < 4.78 is 5.72. The van der Waals surface area contributed by atoms with Crippen LogP contribution in [-0.4, -0.2) is 42.5 Å². The molecule has 3 heteroatoms. The smallest absolute Gasteiger partial charge is 0.137 e. The van der Waals surface area contributed by atoms with Gasteiger partial charge in [-0.2, -0.15) is 0 Å². The normalized spacial score (nSPS) is 38.9. The van der Waals surface area contributed by atoms with Gasteiger partial charge in [-0.3, -0.25) is 9.69 Å². The number of carbonyl (C=O) groups is 1. The Balaban J connectivity index is 1.95. The van der Waals surface area contributed by atoms with E-state index in [9.17, 15) is 4.79 Å². The van der Waals surface area contributed by atoms with Crippen LogP contribution in [0.3, 0.4) is 0 Å². The van der Waals surface area contributed by atoms with Crippen LogP contribution < -0.4 is 0 Å². The fourth-order valence-electron chi connectivity index (χ4n) is 3.30. The van der Waals surface area contributed by atoms with Gasteiger partial charge in [0.25, 0.3) is 0 Å². The van der Waals surface area contributed by atoms with Gasteiger partial charge < -0.3 is 4.74 Å². The third kappa shape index (κ3) is 3.33. The average Bonchev–Trinajstić information content (AvgIpc) is 2.34. The van der Waals surface area contributed by atoms with Crippen molar-refractivity contribution in [1.82, 2.24) is 4.90 Å². The highest BCUT2D eigenvalue weighted by molar-refractivity contribution is 5.81. The number of ether oxygens (including phenoxy) is 1. The van der Waals surface area contributed by atoms with Crippen molar-refractivity contribution in [2.75, 3.05) is 19.7 Å². The number of carbonyl (C=O) groups excluding carboxylic acids is 1. The van der Waals surface area contributed by atoms with E-state index in [1.807, 2.05) is 0 Å². The third-order valence-electron chi connectivity index (χ3n) is 4.53. The lowest BCUT2D eigenvalue weighted by Crippen LogP contribution is -2.51. The molecule has 2 aliphatic rings. The molecule has 0 radical (unpaired) electrons. The zero-order chi connectivity index (χ0) is 13.1. The molecule has 0 aromatic carbocycles. The second-order valence-corrected chi connectivity index (χ2v) is 6.20. The second-order valence-electron chi connectivity index (χ2n) is 6.20. The van der Waals surface area contributed by atoms with Gasteiger partial charge in [0.2, 0.25) is 0 Å². The third-order valence-corrected chi connectivity index (χ3v) is 4.53. The summed E-state index contributed by atoms with van der Waals surface area (Å²) in [4.78, 5) is 14.5. The van der Waals surface area contributed by atoms with Crippen molar-refractivity contribution in [2.45, 2.75) is 58.6 Å². The first-order valence-corrected chi connectivity index (χ1v) is 7.48. The summed E-state index contributed by atoms with van der Waals surface area (Å²) in [5.41, 5.74) is 0. The van der Waals surface area contributed by atoms with Gasteiger partial charge in [0.05, 0.1) is 12.7 Å². The van der Waals surface area contributed by atoms with Gasteiger partial charge in [-0.25, -0.2) is 0 Å². The van der Waals surface area contributed by atoms with Crippen LogP contribution in [0.5, 0.6) is 0 Å². The number of rotatable bonds is 3. The highest BCUT2D eigenvalue weighted by atomic mass is 16.5. The van der Waals surface area contributed by atoms with Crippen LogP contribution in [0.15, 0.2) is 0 Å². The Hall–Kier alpha value is -0.410. The van der Waals surface area contributed by atoms with E-state index in [1.54, 1.807) is 0 Å². The lowest BCUT2D eigenvalue weighted by Gasteiger charge is -2.40. The van der Waals surface area contributed by atoms with Gasteiger partial charge in [0, 0.05) is 31.5 Å². The van der Waals surface area contributed by atoms with Crippen LogP contribution >= 0.6 is 0 Å². The van der Waals surface area contributed by atoms with E-state index in [4.69, 9.17) is 4.74 Å². The number of Topliss-reactive ketones (excluding diaryl/α,β-unsaturated/α-hetero) is 1. The molecule has 0 aromatic rings. The van der Waals surface area contributed by atoms with Crippen LogP contribution in [0.2, 0.25) is 0 Å². The highest BCUT2D eigenvalue weighted by Crippen LogP contribution is 2.28. The molecule has 2 fully saturated rings. The lowest BCUT2D eigenvalue weighted by atomic mass is 9.81. The van der Waals surface area contributed by atoms with Crippen molar-refractivity contribution < 1.29 is 9.53 Å². The van der Waals surface area contributed by atoms with Crippen LogP contribution in [0.25, 0.3) is 0 Å². The highest BCUT2D eigenvalue weighted by Gasteiger charge is 2.32. The Labute approximate surface area is 111 Å². The van der Waals surface area contributed by atoms with Crippen molar-refractivity contribution >= 4 is 5.78 Å². The van der Waals surface area contributed by atoms with Gasteiger partial charge >= 0.3 is 0 Å². The molecule has 1 aliphatic heterocycles. The molecule has 2 rings (SSSR count). The average molecular weight is 253 g/mol. The first-order valence-electron chi connectivity index (χ1n) is 7.48. The summed E-state index contributed by atoms with van der Waals surface area (Å²) in [6.07, 6.45) is 4.39. The van der Waals surface area contributed by atoms with Crippen LogP contribution in [0, 0.1) is 11.8 Å². The van der Waals surface area contributed by atoms with Crippen LogP contribution in [0.1, 0.15) is 46.5 Å². The number of morpholine rings is 1. The monoisotopic (exact) mass is 253 g/mol. The van der Waals surface area contributed by atoms with Crippen molar-refractivity contribution in [3.05, 3.63) is 0 Å². The summed E-state index contributed by atoms with van der Waals surface area (Å²) in [6, 6.07) is 0.506. The molecule has 1 aliphatic carbocycles. The Morgan fingerprint density at radius 2 is 2.17 bits per heavy atom. The van der Waals surface area contributed by atoms with Crippen LogP contribution in [0.4, 0.5) is 0 Å². The summed E-state index contributed by atoms with van der Waals surface area (Å²) in [7, 11) is 0. The molecule has 0 spiro atoms. The number of hydrogen-bond donors (Lipinski definition) is 0. The molecule has 3 nitrogen and oxygen atoms in total. The number of nitrogens with zero attached hydrogens (tertiary/aromatic N) is 1. The molecule has 4 atom stereocenters. The molecule has 104 valence electrons. The van der Waals surface area contributed by atoms with E-state index in [-0.39, 0.29) is 5.92 Å². The Kier molecular flexibility index (Phi) is 4.79. The fraction of sp³-hybridized carbons (Fsp3) is 0.933. The maximum Gasteiger partial charge on any atom is 0.137 e. The lowest BCUT2D eigenvalue weighted by molar-refractivity contribution is -0.128. The predicted octanol–water partition coefficient (Wildman–Crippen LogP) is 2.49. The zero-order valence-electron chi connectivity index (χ0n) is 12.0. The van der Waals surface area contributed by atoms with Crippen molar-refractivity contribution in [3.63, 3.8) is 0 Å². The summed E-state index contributed by atoms with van der Waals surface area (Å²) in [6.45, 7) is 9.38. The number of hydrogen-bond acceptors (Lipinski definition) is 3. The minimum Gasteiger partial charge on any atom is -0.376 e. The Morgan fingerprint density at radius 1 is 1.39 bits per heavy atom. The predicted molar refractivity (Wildman–Crippen MR) is 72.6 cm³/mol. The molecular formula is C15H27NO2. The molecule has 0 bridgehead atoms. The largest absolute Gasteiger partial charge is 0.376 e. The maximum absolute atomic E-state index is 12.0. The molecule has 0 N–H and O–H groups in total. The molecule has 1 saturated heterocycles. The van der Waals surface area contributed by atoms with E-state index in [0.717, 1.165) is 45.4 Å².